The fourth-order valence-corrected chi connectivity index (χ4v) is 3.42. The fourth-order valence-electron chi connectivity index (χ4n) is 3.42. The van der Waals surface area contributed by atoms with Gasteiger partial charge in [-0.15, -0.1) is 0 Å². The van der Waals surface area contributed by atoms with Crippen LogP contribution in [0.25, 0.3) is 0 Å². The normalized spacial score (nSPS) is 19.5. The molecule has 2 aliphatic rings. The van der Waals surface area contributed by atoms with E-state index in [0.717, 1.165) is 12.8 Å². The number of halogens is 3. The molecule has 0 aliphatic carbocycles. The van der Waals surface area contributed by atoms with Crippen molar-refractivity contribution in [2.45, 2.75) is 50.9 Å². The molecule has 0 spiro atoms. The molecule has 3 heterocycles. The second kappa shape index (κ2) is 7.26. The van der Waals surface area contributed by atoms with Crippen molar-refractivity contribution in [3.8, 4) is 0 Å². The average molecular weight is 374 g/mol. The number of rotatable bonds is 4. The topological polar surface area (TPSA) is 92.7 Å². The molecule has 0 radical (unpaired) electrons. The van der Waals surface area contributed by atoms with Gasteiger partial charge in [-0.2, -0.15) is 13.2 Å². The molecule has 1 saturated heterocycles. The number of alkyl halides is 3. The van der Waals surface area contributed by atoms with Crippen molar-refractivity contribution in [2.75, 3.05) is 19.6 Å². The fraction of sp³-hybridized carbons (Fsp3) is 0.688. The Morgan fingerprint density at radius 1 is 1.27 bits per heavy atom. The lowest BCUT2D eigenvalue weighted by Crippen LogP contribution is -2.46. The van der Waals surface area contributed by atoms with Crippen molar-refractivity contribution in [3.63, 3.8) is 0 Å². The van der Waals surface area contributed by atoms with E-state index in [4.69, 9.17) is 5.73 Å². The molecule has 144 valence electrons. The Hall–Kier alpha value is -2.10. The summed E-state index contributed by atoms with van der Waals surface area (Å²) in [5.74, 6) is -1.30. The third kappa shape index (κ3) is 4.00. The van der Waals surface area contributed by atoms with Gasteiger partial charge in [0.1, 0.15) is 5.69 Å². The van der Waals surface area contributed by atoms with E-state index < -0.39 is 18.0 Å². The minimum atomic E-state index is -4.59. The van der Waals surface area contributed by atoms with Crippen molar-refractivity contribution in [1.29, 1.82) is 0 Å². The quantitative estimate of drug-likeness (QED) is 0.858. The SMILES string of the molecule is NC(CC(=O)N1CCc2c(noc2C(F)(F)F)C1)CN1CCCCC1=O. The Bertz CT molecular complexity index is 689. The van der Waals surface area contributed by atoms with E-state index in [-0.39, 0.29) is 49.0 Å². The maximum atomic E-state index is 12.8. The van der Waals surface area contributed by atoms with Crippen LogP contribution in [-0.4, -0.2) is 52.4 Å². The Labute approximate surface area is 148 Å². The second-order valence-corrected chi connectivity index (χ2v) is 6.76. The molecule has 10 heteroatoms. The molecule has 2 N–H and O–H groups in total. The van der Waals surface area contributed by atoms with E-state index in [9.17, 15) is 22.8 Å². The van der Waals surface area contributed by atoms with Crippen molar-refractivity contribution in [2.24, 2.45) is 5.73 Å². The predicted molar refractivity (Wildman–Crippen MR) is 83.6 cm³/mol. The molecular weight excluding hydrogens is 353 g/mol. The Kier molecular flexibility index (Phi) is 5.22. The molecule has 2 amide bonds. The van der Waals surface area contributed by atoms with Crippen molar-refractivity contribution in [3.05, 3.63) is 17.0 Å². The van der Waals surface area contributed by atoms with Gasteiger partial charge in [-0.3, -0.25) is 9.59 Å². The summed E-state index contributed by atoms with van der Waals surface area (Å²) >= 11 is 0. The van der Waals surface area contributed by atoms with E-state index in [1.807, 2.05) is 0 Å². The van der Waals surface area contributed by atoms with Crippen molar-refractivity contribution in [1.82, 2.24) is 15.0 Å². The number of aromatic nitrogens is 1. The monoisotopic (exact) mass is 374 g/mol. The van der Waals surface area contributed by atoms with Gasteiger partial charge in [0, 0.05) is 44.1 Å². The first kappa shape index (κ1) is 18.7. The predicted octanol–water partition coefficient (Wildman–Crippen LogP) is 1.31. The zero-order valence-electron chi connectivity index (χ0n) is 14.2. The highest BCUT2D eigenvalue weighted by molar-refractivity contribution is 5.78. The molecule has 0 saturated carbocycles. The van der Waals surface area contributed by atoms with Crippen LogP contribution in [0.2, 0.25) is 0 Å². The van der Waals surface area contributed by atoms with Gasteiger partial charge in [-0.1, -0.05) is 5.16 Å². The summed E-state index contributed by atoms with van der Waals surface area (Å²) in [4.78, 5) is 27.3. The molecular formula is C16H21F3N4O3. The van der Waals surface area contributed by atoms with E-state index >= 15 is 0 Å². The molecule has 2 aliphatic heterocycles. The van der Waals surface area contributed by atoms with Crippen molar-refractivity contribution < 1.29 is 27.3 Å². The third-order valence-corrected chi connectivity index (χ3v) is 4.77. The summed E-state index contributed by atoms with van der Waals surface area (Å²) in [6.45, 7) is 1.09. The van der Waals surface area contributed by atoms with Gasteiger partial charge >= 0.3 is 6.18 Å². The van der Waals surface area contributed by atoms with E-state index in [0.29, 0.717) is 19.5 Å². The second-order valence-electron chi connectivity index (χ2n) is 6.76. The van der Waals surface area contributed by atoms with Crippen LogP contribution in [0.3, 0.4) is 0 Å². The molecule has 3 rings (SSSR count). The van der Waals surface area contributed by atoms with Crippen molar-refractivity contribution >= 4 is 11.8 Å². The average Bonchev–Trinajstić information content (AvgIpc) is 3.00. The van der Waals surface area contributed by atoms with Gasteiger partial charge in [0.2, 0.25) is 17.6 Å². The van der Waals surface area contributed by atoms with Gasteiger partial charge < -0.3 is 20.1 Å². The molecule has 1 aromatic rings. The molecule has 1 aromatic heterocycles. The van der Waals surface area contributed by atoms with Crippen LogP contribution in [0.5, 0.6) is 0 Å². The van der Waals surface area contributed by atoms with E-state index in [1.165, 1.54) is 4.90 Å². The highest BCUT2D eigenvalue weighted by Gasteiger charge is 2.41. The van der Waals surface area contributed by atoms with Gasteiger partial charge in [0.15, 0.2) is 0 Å². The number of nitrogens with two attached hydrogens (primary N) is 1. The summed E-state index contributed by atoms with van der Waals surface area (Å²) in [7, 11) is 0. The van der Waals surface area contributed by atoms with Gasteiger partial charge in [0.05, 0.1) is 6.54 Å². The van der Waals surface area contributed by atoms with Crippen LogP contribution in [-0.2, 0) is 28.7 Å². The lowest BCUT2D eigenvalue weighted by Gasteiger charge is -2.31. The summed E-state index contributed by atoms with van der Waals surface area (Å²) in [5, 5.41) is 3.47. The number of nitrogens with zero attached hydrogens (tertiary/aromatic N) is 3. The zero-order chi connectivity index (χ0) is 18.9. The van der Waals surface area contributed by atoms with Crippen LogP contribution >= 0.6 is 0 Å². The van der Waals surface area contributed by atoms with Gasteiger partial charge in [-0.05, 0) is 19.3 Å². The Morgan fingerprint density at radius 2 is 2.04 bits per heavy atom. The molecule has 0 bridgehead atoms. The smallest absolute Gasteiger partial charge is 0.351 e. The van der Waals surface area contributed by atoms with Crippen LogP contribution in [0.1, 0.15) is 42.7 Å². The number of amides is 2. The van der Waals surface area contributed by atoms with Crippen LogP contribution in [0.4, 0.5) is 13.2 Å². The lowest BCUT2D eigenvalue weighted by molar-refractivity contribution is -0.156. The first-order chi connectivity index (χ1) is 12.3. The van der Waals surface area contributed by atoms with Gasteiger partial charge in [0.25, 0.3) is 0 Å². The van der Waals surface area contributed by atoms with Crippen LogP contribution in [0.15, 0.2) is 4.52 Å². The zero-order valence-corrected chi connectivity index (χ0v) is 14.2. The molecule has 1 unspecified atom stereocenters. The molecule has 26 heavy (non-hydrogen) atoms. The molecule has 0 aromatic carbocycles. The summed E-state index contributed by atoms with van der Waals surface area (Å²) in [5.41, 5.74) is 6.16. The number of hydrogen-bond donors (Lipinski definition) is 1. The molecule has 1 fully saturated rings. The van der Waals surface area contributed by atoms with Gasteiger partial charge in [-0.25, -0.2) is 0 Å². The largest absolute Gasteiger partial charge is 0.452 e. The third-order valence-electron chi connectivity index (χ3n) is 4.77. The number of piperidine rings is 1. The van der Waals surface area contributed by atoms with E-state index in [2.05, 4.69) is 9.68 Å². The first-order valence-corrected chi connectivity index (χ1v) is 8.61. The lowest BCUT2D eigenvalue weighted by atomic mass is 10.0. The first-order valence-electron chi connectivity index (χ1n) is 8.61. The minimum Gasteiger partial charge on any atom is -0.351 e. The van der Waals surface area contributed by atoms with Crippen LogP contribution in [0, 0.1) is 0 Å². The number of hydrogen-bond acceptors (Lipinski definition) is 5. The molecule has 7 nitrogen and oxygen atoms in total. The highest BCUT2D eigenvalue weighted by Crippen LogP contribution is 2.35. The standard InChI is InChI=1S/C16H21F3N4O3/c17-16(18,19)15-11-4-6-23(9-12(11)21-26-15)14(25)7-10(20)8-22-5-2-1-3-13(22)24/h10H,1-9,20H2. The van der Waals surface area contributed by atoms with Crippen LogP contribution < -0.4 is 5.73 Å². The summed E-state index contributed by atoms with van der Waals surface area (Å²) < 4.78 is 42.9. The molecule has 1 atom stereocenters. The number of carbonyl (C=O) groups excluding carboxylic acids is 2. The number of likely N-dealkylation sites (tertiary alicyclic amines) is 1. The maximum Gasteiger partial charge on any atom is 0.452 e. The minimum absolute atomic E-state index is 0.0183. The Balaban J connectivity index is 1.56. The number of carbonyl (C=O) groups is 2. The van der Waals surface area contributed by atoms with E-state index in [1.54, 1.807) is 4.90 Å². The summed E-state index contributed by atoms with van der Waals surface area (Å²) in [6, 6.07) is -0.506. The Morgan fingerprint density at radius 3 is 2.73 bits per heavy atom. The summed E-state index contributed by atoms with van der Waals surface area (Å²) in [6.07, 6.45) is -2.21. The highest BCUT2D eigenvalue weighted by atomic mass is 19.4. The number of fused-ring (bicyclic) bond motifs is 1. The maximum absolute atomic E-state index is 12.8.